The molecule has 1 aromatic rings. The normalized spacial score (nSPS) is 21.6. The van der Waals surface area contributed by atoms with Gasteiger partial charge in [0.25, 0.3) is 0 Å². The highest BCUT2D eigenvalue weighted by molar-refractivity contribution is 6.32. The van der Waals surface area contributed by atoms with Crippen LogP contribution in [0.5, 0.6) is 5.75 Å². The molecule has 1 aliphatic heterocycles. The lowest BCUT2D eigenvalue weighted by Crippen LogP contribution is -2.38. The number of piperidine rings is 1. The molecule has 0 radical (unpaired) electrons. The molecule has 1 saturated heterocycles. The molecule has 0 saturated carbocycles. The first-order chi connectivity index (χ1) is 8.20. The molecule has 0 aliphatic carbocycles. The number of rotatable bonds is 3. The van der Waals surface area contributed by atoms with Gasteiger partial charge in [0.1, 0.15) is 5.75 Å². The average molecular weight is 254 g/mol. The van der Waals surface area contributed by atoms with Gasteiger partial charge in [-0.1, -0.05) is 31.0 Å². The summed E-state index contributed by atoms with van der Waals surface area (Å²) in [5.74, 6) is 0.168. The van der Waals surface area contributed by atoms with Gasteiger partial charge in [0.05, 0.1) is 5.02 Å². The Bertz CT molecular complexity index is 380. The van der Waals surface area contributed by atoms with Crippen LogP contribution in [0.25, 0.3) is 0 Å². The number of hydrogen-bond donors (Lipinski definition) is 1. The Morgan fingerprint density at radius 1 is 1.41 bits per heavy atom. The summed E-state index contributed by atoms with van der Waals surface area (Å²) in [4.78, 5) is 2.53. The van der Waals surface area contributed by atoms with Gasteiger partial charge in [-0.15, -0.1) is 0 Å². The minimum Gasteiger partial charge on any atom is -0.506 e. The number of likely N-dealkylation sites (tertiary alicyclic amines) is 1. The Balaban J connectivity index is 2.05. The van der Waals surface area contributed by atoms with Gasteiger partial charge in [-0.05, 0) is 43.5 Å². The predicted octanol–water partition coefficient (Wildman–Crippen LogP) is 3.81. The van der Waals surface area contributed by atoms with Crippen molar-refractivity contribution < 1.29 is 5.11 Å². The highest BCUT2D eigenvalue weighted by atomic mass is 35.5. The number of aromatic hydroxyl groups is 1. The van der Waals surface area contributed by atoms with Gasteiger partial charge >= 0.3 is 0 Å². The zero-order valence-electron chi connectivity index (χ0n) is 10.3. The van der Waals surface area contributed by atoms with Crippen molar-refractivity contribution in [2.24, 2.45) is 0 Å². The molecule has 1 atom stereocenters. The molecule has 2 nitrogen and oxygen atoms in total. The molecule has 94 valence electrons. The number of halogens is 1. The Hall–Kier alpha value is -0.730. The lowest BCUT2D eigenvalue weighted by Gasteiger charge is -2.35. The minimum absolute atomic E-state index is 0.168. The first-order valence-corrected chi connectivity index (χ1v) is 6.80. The molecule has 1 unspecified atom stereocenters. The minimum atomic E-state index is 0.168. The van der Waals surface area contributed by atoms with Crippen LogP contribution in [0.2, 0.25) is 5.02 Å². The summed E-state index contributed by atoms with van der Waals surface area (Å²) in [6.45, 7) is 4.38. The van der Waals surface area contributed by atoms with Crippen molar-refractivity contribution in [3.05, 3.63) is 28.8 Å². The standard InChI is InChI=1S/C14H20ClNO/c1-2-12-5-3-4-8-16(12)10-11-6-7-14(17)13(15)9-11/h6-7,9,12,17H,2-5,8,10H2,1H3. The Morgan fingerprint density at radius 2 is 2.24 bits per heavy atom. The van der Waals surface area contributed by atoms with Gasteiger partial charge < -0.3 is 5.11 Å². The molecule has 2 rings (SSSR count). The molecule has 1 aromatic carbocycles. The van der Waals surface area contributed by atoms with Crippen molar-refractivity contribution in [1.82, 2.24) is 4.90 Å². The Morgan fingerprint density at radius 3 is 2.94 bits per heavy atom. The van der Waals surface area contributed by atoms with Crippen LogP contribution in [0.3, 0.4) is 0 Å². The fourth-order valence-corrected chi connectivity index (χ4v) is 2.82. The molecular weight excluding hydrogens is 234 g/mol. The first-order valence-electron chi connectivity index (χ1n) is 6.42. The zero-order valence-corrected chi connectivity index (χ0v) is 11.1. The van der Waals surface area contributed by atoms with Gasteiger partial charge in [0.2, 0.25) is 0 Å². The second-order valence-electron chi connectivity index (χ2n) is 4.81. The third kappa shape index (κ3) is 3.14. The van der Waals surface area contributed by atoms with Crippen molar-refractivity contribution in [3.63, 3.8) is 0 Å². The van der Waals surface area contributed by atoms with E-state index in [1.807, 2.05) is 12.1 Å². The third-order valence-electron chi connectivity index (χ3n) is 3.62. The van der Waals surface area contributed by atoms with E-state index in [4.69, 9.17) is 11.6 Å². The van der Waals surface area contributed by atoms with Crippen molar-refractivity contribution in [2.75, 3.05) is 6.54 Å². The second-order valence-corrected chi connectivity index (χ2v) is 5.22. The smallest absolute Gasteiger partial charge is 0.134 e. The molecule has 0 amide bonds. The lowest BCUT2D eigenvalue weighted by molar-refractivity contribution is 0.136. The van der Waals surface area contributed by atoms with E-state index in [1.165, 1.54) is 37.8 Å². The van der Waals surface area contributed by atoms with Gasteiger partial charge in [0.15, 0.2) is 0 Å². The number of hydrogen-bond acceptors (Lipinski definition) is 2. The van der Waals surface area contributed by atoms with Crippen LogP contribution in [0.15, 0.2) is 18.2 Å². The van der Waals surface area contributed by atoms with Crippen molar-refractivity contribution >= 4 is 11.6 Å². The van der Waals surface area contributed by atoms with Crippen molar-refractivity contribution in [1.29, 1.82) is 0 Å². The maximum Gasteiger partial charge on any atom is 0.134 e. The summed E-state index contributed by atoms with van der Waals surface area (Å²) < 4.78 is 0. The molecule has 1 heterocycles. The van der Waals surface area contributed by atoms with E-state index < -0.39 is 0 Å². The molecule has 0 aromatic heterocycles. The predicted molar refractivity (Wildman–Crippen MR) is 71.5 cm³/mol. The molecule has 1 N–H and O–H groups in total. The fraction of sp³-hybridized carbons (Fsp3) is 0.571. The van der Waals surface area contributed by atoms with E-state index in [1.54, 1.807) is 6.07 Å². The van der Waals surface area contributed by atoms with Gasteiger partial charge in [-0.2, -0.15) is 0 Å². The SMILES string of the molecule is CCC1CCCCN1Cc1ccc(O)c(Cl)c1. The molecule has 1 aliphatic rings. The molecule has 0 bridgehead atoms. The molecule has 17 heavy (non-hydrogen) atoms. The quantitative estimate of drug-likeness (QED) is 0.886. The van der Waals surface area contributed by atoms with Crippen LogP contribution in [0.4, 0.5) is 0 Å². The number of nitrogens with zero attached hydrogens (tertiary/aromatic N) is 1. The van der Waals surface area contributed by atoms with Gasteiger partial charge in [-0.25, -0.2) is 0 Å². The van der Waals surface area contributed by atoms with E-state index in [-0.39, 0.29) is 5.75 Å². The summed E-state index contributed by atoms with van der Waals surface area (Å²) >= 11 is 5.93. The van der Waals surface area contributed by atoms with Gasteiger partial charge in [-0.3, -0.25) is 4.90 Å². The molecule has 3 heteroatoms. The van der Waals surface area contributed by atoms with Crippen molar-refractivity contribution in [2.45, 2.75) is 45.2 Å². The number of benzene rings is 1. The summed E-state index contributed by atoms with van der Waals surface area (Å²) in [6.07, 6.45) is 5.17. The maximum absolute atomic E-state index is 9.40. The summed E-state index contributed by atoms with van der Waals surface area (Å²) in [6, 6.07) is 6.22. The average Bonchev–Trinajstić information content (AvgIpc) is 2.34. The Labute approximate surface area is 108 Å². The summed E-state index contributed by atoms with van der Waals surface area (Å²) in [7, 11) is 0. The summed E-state index contributed by atoms with van der Waals surface area (Å²) in [5.41, 5.74) is 1.19. The van der Waals surface area contributed by atoms with Crippen molar-refractivity contribution in [3.8, 4) is 5.75 Å². The third-order valence-corrected chi connectivity index (χ3v) is 3.92. The highest BCUT2D eigenvalue weighted by Crippen LogP contribution is 2.26. The number of phenolic OH excluding ortho intramolecular Hbond substituents is 1. The fourth-order valence-electron chi connectivity index (χ4n) is 2.61. The second kappa shape index (κ2) is 5.74. The lowest BCUT2D eigenvalue weighted by atomic mass is 9.99. The van der Waals surface area contributed by atoms with E-state index in [0.717, 1.165) is 6.54 Å². The van der Waals surface area contributed by atoms with E-state index >= 15 is 0 Å². The van der Waals surface area contributed by atoms with Crippen LogP contribution in [-0.2, 0) is 6.54 Å². The van der Waals surface area contributed by atoms with Gasteiger partial charge in [0, 0.05) is 12.6 Å². The van der Waals surface area contributed by atoms with E-state index in [0.29, 0.717) is 11.1 Å². The molecule has 1 fully saturated rings. The maximum atomic E-state index is 9.40. The topological polar surface area (TPSA) is 23.5 Å². The highest BCUT2D eigenvalue weighted by Gasteiger charge is 2.20. The largest absolute Gasteiger partial charge is 0.506 e. The van der Waals surface area contributed by atoms with Crippen LogP contribution in [0, 0.1) is 0 Å². The number of phenols is 1. The molecule has 0 spiro atoms. The van der Waals surface area contributed by atoms with Crippen LogP contribution in [0.1, 0.15) is 38.2 Å². The van der Waals surface area contributed by atoms with E-state index in [9.17, 15) is 5.11 Å². The monoisotopic (exact) mass is 253 g/mol. The molecular formula is C14H20ClNO. The zero-order chi connectivity index (χ0) is 12.3. The Kier molecular flexibility index (Phi) is 4.30. The van der Waals surface area contributed by atoms with Crippen LogP contribution < -0.4 is 0 Å². The summed E-state index contributed by atoms with van der Waals surface area (Å²) in [5, 5.41) is 9.85. The van der Waals surface area contributed by atoms with Crippen LogP contribution in [-0.4, -0.2) is 22.6 Å². The van der Waals surface area contributed by atoms with E-state index in [2.05, 4.69) is 11.8 Å². The van der Waals surface area contributed by atoms with Crippen LogP contribution >= 0.6 is 11.6 Å². The first kappa shape index (κ1) is 12.7.